The Balaban J connectivity index is 2.08. The summed E-state index contributed by atoms with van der Waals surface area (Å²) in [5, 5.41) is 11.9. The van der Waals surface area contributed by atoms with Gasteiger partial charge < -0.3 is 9.47 Å². The van der Waals surface area contributed by atoms with E-state index in [9.17, 15) is 19.7 Å². The average molecular weight is 450 g/mol. The lowest BCUT2D eigenvalue weighted by Gasteiger charge is -2.51. The molecule has 0 unspecified atom stereocenters. The molecule has 2 aliphatic rings. The van der Waals surface area contributed by atoms with Gasteiger partial charge in [0.2, 0.25) is 0 Å². The third kappa shape index (κ3) is 4.85. The van der Waals surface area contributed by atoms with Gasteiger partial charge in [0.05, 0.1) is 28.9 Å². The molecule has 1 fully saturated rings. The molecule has 1 aromatic rings. The maximum atomic E-state index is 12.9. The molecule has 2 aliphatic heterocycles. The molecule has 1 saturated heterocycles. The van der Waals surface area contributed by atoms with Crippen molar-refractivity contribution in [1.82, 2.24) is 9.21 Å². The Bertz CT molecular complexity index is 934. The Kier molecular flexibility index (Phi) is 6.33. The highest BCUT2D eigenvalue weighted by atomic mass is 32.2. The molecule has 0 N–H and O–H groups in total. The molecule has 1 amide bonds. The highest BCUT2D eigenvalue weighted by molar-refractivity contribution is 7.96. The number of nitro benzene ring substituents is 1. The molecule has 0 bridgehead atoms. The number of carbonyl (C=O) groups is 2. The van der Waals surface area contributed by atoms with Crippen LogP contribution in [0.25, 0.3) is 5.70 Å². The minimum atomic E-state index is -0.704. The van der Waals surface area contributed by atoms with Crippen LogP contribution in [0.3, 0.4) is 0 Å². The molecular weight excluding hydrogens is 422 g/mol. The van der Waals surface area contributed by atoms with Crippen molar-refractivity contribution in [3.8, 4) is 0 Å². The Hall–Kier alpha value is -2.59. The van der Waals surface area contributed by atoms with Gasteiger partial charge in [-0.15, -0.1) is 0 Å². The quantitative estimate of drug-likeness (QED) is 0.295. The van der Waals surface area contributed by atoms with Crippen LogP contribution in [0.2, 0.25) is 0 Å². The SMILES string of the molecule is COC(=O)c1ccc(C2=CC3(CCN2C(=O)OC(C)(C)C)CN(SC)C3)c([N+](=O)[O-])c1. The van der Waals surface area contributed by atoms with Crippen LogP contribution >= 0.6 is 11.9 Å². The number of benzene rings is 1. The Morgan fingerprint density at radius 1 is 1.26 bits per heavy atom. The van der Waals surface area contributed by atoms with E-state index in [2.05, 4.69) is 9.04 Å². The van der Waals surface area contributed by atoms with Crippen molar-refractivity contribution < 1.29 is 24.0 Å². The topological polar surface area (TPSA) is 102 Å². The second-order valence-electron chi connectivity index (χ2n) is 8.74. The summed E-state index contributed by atoms with van der Waals surface area (Å²) in [6, 6.07) is 4.15. The molecule has 9 nitrogen and oxygen atoms in total. The third-order valence-electron chi connectivity index (χ3n) is 5.31. The molecule has 0 saturated carbocycles. The third-order valence-corrected chi connectivity index (χ3v) is 6.09. The first-order valence-electron chi connectivity index (χ1n) is 9.88. The summed E-state index contributed by atoms with van der Waals surface area (Å²) >= 11 is 1.65. The van der Waals surface area contributed by atoms with Crippen LogP contribution in [0, 0.1) is 15.5 Å². The summed E-state index contributed by atoms with van der Waals surface area (Å²) in [6.07, 6.45) is 4.14. The Morgan fingerprint density at radius 3 is 2.48 bits per heavy atom. The number of esters is 1. The Morgan fingerprint density at radius 2 is 1.94 bits per heavy atom. The van der Waals surface area contributed by atoms with Crippen molar-refractivity contribution in [2.75, 3.05) is 33.0 Å². The van der Waals surface area contributed by atoms with Gasteiger partial charge in [0.1, 0.15) is 5.60 Å². The smallest absolute Gasteiger partial charge is 0.414 e. The molecule has 0 atom stereocenters. The molecule has 1 spiro atoms. The molecule has 31 heavy (non-hydrogen) atoms. The fraction of sp³-hybridized carbons (Fsp3) is 0.524. The molecule has 0 aliphatic carbocycles. The normalized spacial score (nSPS) is 18.2. The van der Waals surface area contributed by atoms with Gasteiger partial charge in [-0.2, -0.15) is 0 Å². The van der Waals surface area contributed by atoms with Crippen LogP contribution in [0.5, 0.6) is 0 Å². The fourth-order valence-electron chi connectivity index (χ4n) is 3.80. The maximum Gasteiger partial charge on any atom is 0.414 e. The van der Waals surface area contributed by atoms with Crippen molar-refractivity contribution in [3.63, 3.8) is 0 Å². The number of methoxy groups -OCH3 is 1. The van der Waals surface area contributed by atoms with Gasteiger partial charge in [0.15, 0.2) is 0 Å². The van der Waals surface area contributed by atoms with Crippen LogP contribution in [0.15, 0.2) is 24.3 Å². The predicted molar refractivity (Wildman–Crippen MR) is 117 cm³/mol. The zero-order valence-corrected chi connectivity index (χ0v) is 19.2. The summed E-state index contributed by atoms with van der Waals surface area (Å²) in [6.45, 7) is 7.31. The fourth-order valence-corrected chi connectivity index (χ4v) is 4.58. The number of nitro groups is 1. The molecular formula is C21H27N3O6S. The number of amides is 1. The van der Waals surface area contributed by atoms with E-state index in [1.807, 2.05) is 12.3 Å². The van der Waals surface area contributed by atoms with Gasteiger partial charge in [-0.25, -0.2) is 13.9 Å². The van der Waals surface area contributed by atoms with E-state index in [0.29, 0.717) is 12.2 Å². The molecule has 0 radical (unpaired) electrons. The molecule has 2 heterocycles. The van der Waals surface area contributed by atoms with Gasteiger partial charge in [-0.05, 0) is 45.6 Å². The number of nitrogens with zero attached hydrogens (tertiary/aromatic N) is 3. The minimum absolute atomic E-state index is 0.0742. The summed E-state index contributed by atoms with van der Waals surface area (Å²) < 4.78 is 12.4. The number of carbonyl (C=O) groups excluding carboxylic acids is 2. The van der Waals surface area contributed by atoms with Crippen molar-refractivity contribution in [3.05, 3.63) is 45.5 Å². The van der Waals surface area contributed by atoms with Crippen LogP contribution in [-0.2, 0) is 9.47 Å². The average Bonchev–Trinajstić information content (AvgIpc) is 2.69. The van der Waals surface area contributed by atoms with Crippen molar-refractivity contribution in [2.24, 2.45) is 5.41 Å². The van der Waals surface area contributed by atoms with Crippen LogP contribution in [-0.4, -0.2) is 64.8 Å². The van der Waals surface area contributed by atoms with E-state index in [1.54, 1.807) is 32.7 Å². The minimum Gasteiger partial charge on any atom is -0.465 e. The lowest BCUT2D eigenvalue weighted by molar-refractivity contribution is -0.385. The van der Waals surface area contributed by atoms with E-state index in [4.69, 9.17) is 4.74 Å². The van der Waals surface area contributed by atoms with Crippen molar-refractivity contribution in [1.29, 1.82) is 0 Å². The molecule has 10 heteroatoms. The standard InChI is InChI=1S/C21H27N3O6S/c1-20(2,3)30-19(26)23-9-8-21(12-22(13-21)31-5)11-17(23)15-7-6-14(18(25)29-4)10-16(15)24(27)28/h6-7,10-11H,8-9,12-13H2,1-5H3. The molecule has 3 rings (SSSR count). The second kappa shape index (κ2) is 8.51. The maximum absolute atomic E-state index is 12.9. The Labute approximate surface area is 185 Å². The summed E-state index contributed by atoms with van der Waals surface area (Å²) in [4.78, 5) is 37.6. The summed E-state index contributed by atoms with van der Waals surface area (Å²) in [5.74, 6) is -0.664. The molecule has 168 valence electrons. The van der Waals surface area contributed by atoms with Crippen LogP contribution < -0.4 is 0 Å². The van der Waals surface area contributed by atoms with Crippen molar-refractivity contribution >= 4 is 35.4 Å². The van der Waals surface area contributed by atoms with E-state index in [-0.39, 0.29) is 22.2 Å². The number of rotatable bonds is 4. The lowest BCUT2D eigenvalue weighted by atomic mass is 9.75. The van der Waals surface area contributed by atoms with E-state index in [1.165, 1.54) is 30.2 Å². The van der Waals surface area contributed by atoms with Gasteiger partial charge >= 0.3 is 12.1 Å². The highest BCUT2D eigenvalue weighted by Crippen LogP contribution is 2.46. The zero-order valence-electron chi connectivity index (χ0n) is 18.3. The summed E-state index contributed by atoms with van der Waals surface area (Å²) in [5.41, 5.74) is -0.351. The number of ether oxygens (including phenoxy) is 2. The summed E-state index contributed by atoms with van der Waals surface area (Å²) in [7, 11) is 1.22. The zero-order chi connectivity index (χ0) is 23.0. The predicted octanol–water partition coefficient (Wildman–Crippen LogP) is 3.94. The number of hydrogen-bond donors (Lipinski definition) is 0. The monoisotopic (exact) mass is 449 g/mol. The molecule has 0 aromatic heterocycles. The van der Waals surface area contributed by atoms with Gasteiger partial charge in [0.25, 0.3) is 5.69 Å². The first-order chi connectivity index (χ1) is 14.5. The van der Waals surface area contributed by atoms with Gasteiger partial charge in [-0.3, -0.25) is 15.0 Å². The van der Waals surface area contributed by atoms with E-state index < -0.39 is 22.6 Å². The second-order valence-corrected chi connectivity index (χ2v) is 9.62. The number of hydrogen-bond acceptors (Lipinski definition) is 8. The first-order valence-corrected chi connectivity index (χ1v) is 11.1. The van der Waals surface area contributed by atoms with E-state index in [0.717, 1.165) is 19.5 Å². The van der Waals surface area contributed by atoms with Crippen LogP contribution in [0.1, 0.15) is 43.1 Å². The largest absolute Gasteiger partial charge is 0.465 e. The highest BCUT2D eigenvalue weighted by Gasteiger charge is 2.46. The van der Waals surface area contributed by atoms with Gasteiger partial charge in [-0.1, -0.05) is 18.0 Å². The van der Waals surface area contributed by atoms with Gasteiger partial charge in [0, 0.05) is 31.1 Å². The van der Waals surface area contributed by atoms with Crippen LogP contribution in [0.4, 0.5) is 10.5 Å². The first kappa shape index (κ1) is 23.1. The molecule has 1 aromatic carbocycles. The van der Waals surface area contributed by atoms with Crippen molar-refractivity contribution in [2.45, 2.75) is 32.8 Å². The van der Waals surface area contributed by atoms with E-state index >= 15 is 0 Å². The lowest BCUT2D eigenvalue weighted by Crippen LogP contribution is -2.55.